The third-order valence-corrected chi connectivity index (χ3v) is 3.87. The average Bonchev–Trinajstić information content (AvgIpc) is 2.95. The van der Waals surface area contributed by atoms with Crippen LogP contribution in [0.1, 0.15) is 30.2 Å². The van der Waals surface area contributed by atoms with Crippen LogP contribution in [0.3, 0.4) is 0 Å². The molecule has 2 rings (SSSR count). The number of hydrogen-bond acceptors (Lipinski definition) is 3. The van der Waals surface area contributed by atoms with E-state index in [2.05, 4.69) is 5.10 Å². The highest BCUT2D eigenvalue weighted by atomic mass is 16.3. The van der Waals surface area contributed by atoms with E-state index in [0.29, 0.717) is 25.8 Å². The van der Waals surface area contributed by atoms with Gasteiger partial charge in [-0.3, -0.25) is 9.48 Å². The minimum absolute atomic E-state index is 0.0847. The summed E-state index contributed by atoms with van der Waals surface area (Å²) in [5.74, 6) is 0.0847. The molecule has 1 unspecified atom stereocenters. The number of nitrogens with zero attached hydrogens (tertiary/aromatic N) is 3. The van der Waals surface area contributed by atoms with Gasteiger partial charge < -0.3 is 10.0 Å². The summed E-state index contributed by atoms with van der Waals surface area (Å²) >= 11 is 0. The summed E-state index contributed by atoms with van der Waals surface area (Å²) < 4.78 is 1.78. The lowest BCUT2D eigenvalue weighted by Gasteiger charge is -2.19. The van der Waals surface area contributed by atoms with Crippen LogP contribution < -0.4 is 0 Å². The quantitative estimate of drug-likeness (QED) is 0.850. The molecule has 1 atom stereocenters. The zero-order valence-electron chi connectivity index (χ0n) is 13.1. The molecule has 1 N–H and O–H groups in total. The molecule has 0 aliphatic carbocycles. The van der Waals surface area contributed by atoms with Crippen molar-refractivity contribution in [3.8, 4) is 0 Å². The normalized spacial score (nSPS) is 12.1. The molecule has 0 saturated heterocycles. The largest absolute Gasteiger partial charge is 0.388 e. The zero-order valence-corrected chi connectivity index (χ0v) is 13.1. The molecule has 1 aromatic heterocycles. The molecule has 2 aromatic rings. The predicted molar refractivity (Wildman–Crippen MR) is 85.2 cm³/mol. The second kappa shape index (κ2) is 7.75. The highest BCUT2D eigenvalue weighted by molar-refractivity contribution is 5.76. The number of benzene rings is 1. The molecular formula is C17H23N3O2. The van der Waals surface area contributed by atoms with E-state index in [9.17, 15) is 9.90 Å². The van der Waals surface area contributed by atoms with Crippen molar-refractivity contribution in [1.29, 1.82) is 0 Å². The van der Waals surface area contributed by atoms with Crippen LogP contribution in [0.15, 0.2) is 42.6 Å². The number of hydrogen-bond donors (Lipinski definition) is 1. The van der Waals surface area contributed by atoms with Crippen molar-refractivity contribution in [1.82, 2.24) is 14.7 Å². The van der Waals surface area contributed by atoms with Crippen molar-refractivity contribution in [3.63, 3.8) is 0 Å². The summed E-state index contributed by atoms with van der Waals surface area (Å²) in [5, 5.41) is 14.2. The summed E-state index contributed by atoms with van der Waals surface area (Å²) in [7, 11) is 3.66. The molecule has 5 nitrogen and oxygen atoms in total. The van der Waals surface area contributed by atoms with E-state index >= 15 is 0 Å². The van der Waals surface area contributed by atoms with Gasteiger partial charge in [0.15, 0.2) is 0 Å². The number of aliphatic hydroxyl groups is 1. The lowest BCUT2D eigenvalue weighted by atomic mass is 10.1. The Morgan fingerprint density at radius 3 is 2.68 bits per heavy atom. The molecule has 1 heterocycles. The molecule has 0 radical (unpaired) electrons. The van der Waals surface area contributed by atoms with E-state index in [1.54, 1.807) is 22.8 Å². The molecule has 0 spiro atoms. The highest BCUT2D eigenvalue weighted by Crippen LogP contribution is 2.16. The molecule has 118 valence electrons. The number of rotatable bonds is 7. The van der Waals surface area contributed by atoms with Crippen molar-refractivity contribution in [2.75, 3.05) is 13.6 Å². The van der Waals surface area contributed by atoms with Crippen molar-refractivity contribution in [3.05, 3.63) is 53.9 Å². The zero-order chi connectivity index (χ0) is 15.9. The van der Waals surface area contributed by atoms with Crippen LogP contribution in [0.4, 0.5) is 0 Å². The van der Waals surface area contributed by atoms with E-state index in [-0.39, 0.29) is 5.91 Å². The number of aromatic nitrogens is 2. The predicted octanol–water partition coefficient (Wildman–Crippen LogP) is 1.93. The Bertz CT molecular complexity index is 595. The van der Waals surface area contributed by atoms with Crippen LogP contribution in [-0.4, -0.2) is 39.3 Å². The van der Waals surface area contributed by atoms with Crippen LogP contribution >= 0.6 is 0 Å². The van der Waals surface area contributed by atoms with Crippen molar-refractivity contribution in [2.45, 2.75) is 25.4 Å². The van der Waals surface area contributed by atoms with Gasteiger partial charge in [0.1, 0.15) is 0 Å². The van der Waals surface area contributed by atoms with E-state index in [4.69, 9.17) is 0 Å². The van der Waals surface area contributed by atoms with Crippen molar-refractivity contribution >= 4 is 5.91 Å². The number of aryl methyl sites for hydroxylation is 2. The first-order chi connectivity index (χ1) is 10.6. The molecule has 5 heteroatoms. The van der Waals surface area contributed by atoms with Gasteiger partial charge in [-0.2, -0.15) is 5.10 Å². The van der Waals surface area contributed by atoms with Crippen molar-refractivity contribution < 1.29 is 9.90 Å². The van der Waals surface area contributed by atoms with Gasteiger partial charge >= 0.3 is 0 Å². The molecule has 0 fully saturated rings. The Hall–Kier alpha value is -2.14. The Kier molecular flexibility index (Phi) is 5.72. The van der Waals surface area contributed by atoms with E-state index in [1.165, 1.54) is 0 Å². The minimum Gasteiger partial charge on any atom is -0.388 e. The summed E-state index contributed by atoms with van der Waals surface area (Å²) in [6.07, 6.45) is 2.88. The molecular weight excluding hydrogens is 278 g/mol. The maximum atomic E-state index is 12.1. The van der Waals surface area contributed by atoms with Gasteiger partial charge in [-0.1, -0.05) is 30.3 Å². The maximum absolute atomic E-state index is 12.1. The Morgan fingerprint density at radius 1 is 1.32 bits per heavy atom. The first-order valence-corrected chi connectivity index (χ1v) is 7.52. The molecule has 0 aliphatic rings. The number of aliphatic hydroxyl groups excluding tert-OH is 1. The second-order valence-electron chi connectivity index (χ2n) is 5.48. The fourth-order valence-corrected chi connectivity index (χ4v) is 2.35. The second-order valence-corrected chi connectivity index (χ2v) is 5.48. The standard InChI is InChI=1S/C17H23N3O2/c1-19(13-11-16(21)14-6-4-3-5-7-14)17(22)9-8-15-10-12-18-20(15)2/h3-7,10,12,16,21H,8-9,11,13H2,1-2H3. The third kappa shape index (κ3) is 4.43. The number of carbonyl (C=O) groups excluding carboxylic acids is 1. The van der Waals surface area contributed by atoms with Crippen LogP contribution in [0.2, 0.25) is 0 Å². The van der Waals surface area contributed by atoms with Gasteiger partial charge in [-0.15, -0.1) is 0 Å². The van der Waals surface area contributed by atoms with Gasteiger partial charge in [0, 0.05) is 39.0 Å². The maximum Gasteiger partial charge on any atom is 0.222 e. The van der Waals surface area contributed by atoms with Crippen molar-refractivity contribution in [2.24, 2.45) is 7.05 Å². The topological polar surface area (TPSA) is 58.4 Å². The lowest BCUT2D eigenvalue weighted by Crippen LogP contribution is -2.29. The monoisotopic (exact) mass is 301 g/mol. The van der Waals surface area contributed by atoms with Gasteiger partial charge in [0.05, 0.1) is 6.10 Å². The minimum atomic E-state index is -0.534. The third-order valence-electron chi connectivity index (χ3n) is 3.87. The summed E-state index contributed by atoms with van der Waals surface area (Å²) in [4.78, 5) is 13.8. The smallest absolute Gasteiger partial charge is 0.222 e. The lowest BCUT2D eigenvalue weighted by molar-refractivity contribution is -0.130. The summed E-state index contributed by atoms with van der Waals surface area (Å²) in [6.45, 7) is 0.542. The van der Waals surface area contributed by atoms with Crippen LogP contribution in [-0.2, 0) is 18.3 Å². The first-order valence-electron chi connectivity index (χ1n) is 7.52. The van der Waals surface area contributed by atoms with E-state index < -0.39 is 6.10 Å². The highest BCUT2D eigenvalue weighted by Gasteiger charge is 2.13. The number of carbonyl (C=O) groups is 1. The summed E-state index contributed by atoms with van der Waals surface area (Å²) in [6, 6.07) is 11.4. The van der Waals surface area contributed by atoms with Gasteiger partial charge in [-0.25, -0.2) is 0 Å². The molecule has 22 heavy (non-hydrogen) atoms. The fraction of sp³-hybridized carbons (Fsp3) is 0.412. The first kappa shape index (κ1) is 16.2. The van der Waals surface area contributed by atoms with Crippen LogP contribution in [0.25, 0.3) is 0 Å². The Balaban J connectivity index is 1.75. The average molecular weight is 301 g/mol. The van der Waals surface area contributed by atoms with E-state index in [0.717, 1.165) is 11.3 Å². The Labute approximate surface area is 131 Å². The SMILES string of the molecule is CN(CCC(O)c1ccccc1)C(=O)CCc1ccnn1C. The van der Waals surface area contributed by atoms with Crippen LogP contribution in [0, 0.1) is 0 Å². The molecule has 0 bridgehead atoms. The fourth-order valence-electron chi connectivity index (χ4n) is 2.35. The van der Waals surface area contributed by atoms with E-state index in [1.807, 2.05) is 43.4 Å². The van der Waals surface area contributed by atoms with Crippen LogP contribution in [0.5, 0.6) is 0 Å². The summed E-state index contributed by atoms with van der Waals surface area (Å²) in [5.41, 5.74) is 1.93. The Morgan fingerprint density at radius 2 is 2.05 bits per heavy atom. The van der Waals surface area contributed by atoms with Gasteiger partial charge in [0.2, 0.25) is 5.91 Å². The van der Waals surface area contributed by atoms with Gasteiger partial charge in [-0.05, 0) is 24.5 Å². The van der Waals surface area contributed by atoms with Gasteiger partial charge in [0.25, 0.3) is 0 Å². The molecule has 0 aliphatic heterocycles. The molecule has 0 saturated carbocycles. The molecule has 1 amide bonds. The molecule has 1 aromatic carbocycles. The number of amides is 1.